The van der Waals surface area contributed by atoms with Crippen molar-refractivity contribution in [2.75, 3.05) is 31.2 Å². The van der Waals surface area contributed by atoms with Crippen molar-refractivity contribution in [3.8, 4) is 0 Å². The molecule has 3 heteroatoms. The first-order valence-corrected chi connectivity index (χ1v) is 4.50. The zero-order chi connectivity index (χ0) is 9.10. The number of morpholine rings is 1. The lowest BCUT2D eigenvalue weighted by Gasteiger charge is -2.28. The summed E-state index contributed by atoms with van der Waals surface area (Å²) in [7, 11) is 0. The fourth-order valence-electron chi connectivity index (χ4n) is 1.49. The lowest BCUT2D eigenvalue weighted by molar-refractivity contribution is 0.122. The maximum absolute atomic E-state index is 7.36. The summed E-state index contributed by atoms with van der Waals surface area (Å²) in [6.07, 6.45) is 0. The van der Waals surface area contributed by atoms with Crippen LogP contribution in [0.1, 0.15) is 0 Å². The van der Waals surface area contributed by atoms with Gasteiger partial charge in [-0.3, -0.25) is 0 Å². The van der Waals surface area contributed by atoms with Crippen molar-refractivity contribution in [3.05, 3.63) is 24.3 Å². The Morgan fingerprint density at radius 2 is 1.69 bits per heavy atom. The van der Waals surface area contributed by atoms with Crippen LogP contribution in [0.15, 0.2) is 24.3 Å². The Labute approximate surface area is 78.1 Å². The van der Waals surface area contributed by atoms with Crippen LogP contribution >= 0.6 is 0 Å². The predicted octanol–water partition coefficient (Wildman–Crippen LogP) is 1.44. The van der Waals surface area contributed by atoms with E-state index in [1.54, 1.807) is 0 Å². The van der Waals surface area contributed by atoms with Gasteiger partial charge in [0.05, 0.1) is 18.9 Å². The summed E-state index contributed by atoms with van der Waals surface area (Å²) >= 11 is 0. The van der Waals surface area contributed by atoms with Gasteiger partial charge in [0.2, 0.25) is 0 Å². The Hall–Kier alpha value is -1.22. The van der Waals surface area contributed by atoms with Crippen molar-refractivity contribution < 1.29 is 4.74 Å². The molecule has 1 aromatic rings. The molecule has 13 heavy (non-hydrogen) atoms. The second kappa shape index (κ2) is 3.66. The van der Waals surface area contributed by atoms with Crippen LogP contribution in [-0.2, 0) is 4.74 Å². The van der Waals surface area contributed by atoms with Crippen LogP contribution in [-0.4, -0.2) is 26.3 Å². The molecular formula is C10H13N2O. The highest BCUT2D eigenvalue weighted by Gasteiger charge is 2.10. The van der Waals surface area contributed by atoms with E-state index < -0.39 is 0 Å². The minimum absolute atomic E-state index is 0.567. The monoisotopic (exact) mass is 177 g/mol. The van der Waals surface area contributed by atoms with Gasteiger partial charge in [-0.2, -0.15) is 0 Å². The molecule has 1 heterocycles. The molecule has 0 spiro atoms. The van der Waals surface area contributed by atoms with E-state index in [1.165, 1.54) is 5.69 Å². The third kappa shape index (κ3) is 1.92. The molecule has 0 amide bonds. The smallest absolute Gasteiger partial charge is 0.0642 e. The molecular weight excluding hydrogens is 164 g/mol. The van der Waals surface area contributed by atoms with Crippen molar-refractivity contribution in [2.45, 2.75) is 0 Å². The Morgan fingerprint density at radius 3 is 2.31 bits per heavy atom. The highest BCUT2D eigenvalue weighted by molar-refractivity contribution is 5.51. The molecule has 2 rings (SSSR count). The summed E-state index contributed by atoms with van der Waals surface area (Å²) in [6.45, 7) is 3.53. The molecule has 69 valence electrons. The number of hydrogen-bond donors (Lipinski definition) is 0. The molecule has 1 saturated heterocycles. The molecule has 1 aliphatic heterocycles. The molecule has 1 fully saturated rings. The molecule has 1 aromatic carbocycles. The van der Waals surface area contributed by atoms with E-state index in [0.717, 1.165) is 26.3 Å². The number of nitrogens with one attached hydrogen (secondary N) is 1. The molecule has 1 radical (unpaired) electrons. The van der Waals surface area contributed by atoms with Gasteiger partial charge in [-0.1, -0.05) is 0 Å². The predicted molar refractivity (Wildman–Crippen MR) is 52.2 cm³/mol. The molecule has 0 saturated carbocycles. The van der Waals surface area contributed by atoms with E-state index in [-0.39, 0.29) is 0 Å². The highest BCUT2D eigenvalue weighted by Crippen LogP contribution is 2.17. The number of rotatable bonds is 1. The number of hydrogen-bond acceptors (Lipinski definition) is 2. The van der Waals surface area contributed by atoms with Crippen LogP contribution in [0.5, 0.6) is 0 Å². The third-order valence-electron chi connectivity index (χ3n) is 2.24. The standard InChI is InChI=1S/C10H13N2O/c11-9-1-3-10(4-2-9)12-5-7-13-8-6-12/h1-4,11H,5-8H2. The van der Waals surface area contributed by atoms with Gasteiger partial charge in [0.1, 0.15) is 0 Å². The van der Waals surface area contributed by atoms with E-state index >= 15 is 0 Å². The molecule has 0 aromatic heterocycles. The van der Waals surface area contributed by atoms with Crippen molar-refractivity contribution in [2.24, 2.45) is 0 Å². The molecule has 1 N–H and O–H groups in total. The molecule has 1 aliphatic rings. The largest absolute Gasteiger partial charge is 0.378 e. The highest BCUT2D eigenvalue weighted by atomic mass is 16.5. The van der Waals surface area contributed by atoms with Crippen molar-refractivity contribution >= 4 is 11.4 Å². The molecule has 0 bridgehead atoms. The lowest BCUT2D eigenvalue weighted by Crippen LogP contribution is -2.36. The van der Waals surface area contributed by atoms with Crippen LogP contribution in [0.2, 0.25) is 0 Å². The van der Waals surface area contributed by atoms with Crippen LogP contribution in [0.25, 0.3) is 0 Å². The zero-order valence-electron chi connectivity index (χ0n) is 7.49. The fourth-order valence-corrected chi connectivity index (χ4v) is 1.49. The maximum atomic E-state index is 7.36. The van der Waals surface area contributed by atoms with Crippen LogP contribution in [0.3, 0.4) is 0 Å². The lowest BCUT2D eigenvalue weighted by atomic mass is 10.2. The average Bonchev–Trinajstić information content (AvgIpc) is 2.20. The first kappa shape index (κ1) is 8.38. The summed E-state index contributed by atoms with van der Waals surface area (Å²) in [5.41, 5.74) is 9.12. The van der Waals surface area contributed by atoms with Crippen LogP contribution in [0.4, 0.5) is 11.4 Å². The number of ether oxygens (including phenoxy) is 1. The normalized spacial score (nSPS) is 17.4. The van der Waals surface area contributed by atoms with Gasteiger partial charge in [-0.15, -0.1) is 0 Å². The first-order valence-electron chi connectivity index (χ1n) is 4.50. The summed E-state index contributed by atoms with van der Waals surface area (Å²) in [5.74, 6) is 0. The summed E-state index contributed by atoms with van der Waals surface area (Å²) in [5, 5.41) is 0. The molecule has 0 unspecified atom stereocenters. The van der Waals surface area contributed by atoms with Crippen molar-refractivity contribution in [1.82, 2.24) is 5.73 Å². The number of nitrogens with zero attached hydrogens (tertiary/aromatic N) is 1. The summed E-state index contributed by atoms with van der Waals surface area (Å²) < 4.78 is 5.27. The summed E-state index contributed by atoms with van der Waals surface area (Å²) in [6, 6.07) is 7.64. The minimum atomic E-state index is 0.567. The van der Waals surface area contributed by atoms with E-state index in [0.29, 0.717) is 5.69 Å². The maximum Gasteiger partial charge on any atom is 0.0642 e. The van der Waals surface area contributed by atoms with Gasteiger partial charge < -0.3 is 15.4 Å². The SMILES string of the molecule is [NH]c1ccc(N2CCOCC2)cc1. The van der Waals surface area contributed by atoms with Gasteiger partial charge in [0, 0.05) is 18.8 Å². The van der Waals surface area contributed by atoms with Gasteiger partial charge >= 0.3 is 0 Å². The first-order chi connectivity index (χ1) is 6.36. The van der Waals surface area contributed by atoms with Crippen LogP contribution < -0.4 is 10.6 Å². The van der Waals surface area contributed by atoms with E-state index in [2.05, 4.69) is 4.90 Å². The minimum Gasteiger partial charge on any atom is -0.378 e. The fraction of sp³-hybridized carbons (Fsp3) is 0.400. The topological polar surface area (TPSA) is 36.3 Å². The Balaban J connectivity index is 2.10. The molecule has 0 atom stereocenters. The van der Waals surface area contributed by atoms with E-state index in [1.807, 2.05) is 24.3 Å². The van der Waals surface area contributed by atoms with Gasteiger partial charge in [0.25, 0.3) is 0 Å². The van der Waals surface area contributed by atoms with E-state index in [9.17, 15) is 0 Å². The van der Waals surface area contributed by atoms with Crippen molar-refractivity contribution in [3.63, 3.8) is 0 Å². The third-order valence-corrected chi connectivity index (χ3v) is 2.24. The van der Waals surface area contributed by atoms with Crippen LogP contribution in [0, 0.1) is 0 Å². The summed E-state index contributed by atoms with van der Waals surface area (Å²) in [4.78, 5) is 2.28. The Morgan fingerprint density at radius 1 is 1.08 bits per heavy atom. The Bertz CT molecular complexity index is 265. The van der Waals surface area contributed by atoms with Gasteiger partial charge in [-0.05, 0) is 24.3 Å². The quantitative estimate of drug-likeness (QED) is 0.650. The van der Waals surface area contributed by atoms with Gasteiger partial charge in [0.15, 0.2) is 0 Å². The second-order valence-electron chi connectivity index (χ2n) is 3.15. The molecule has 3 nitrogen and oxygen atoms in total. The molecule has 0 aliphatic carbocycles. The Kier molecular flexibility index (Phi) is 2.36. The number of anilines is 1. The van der Waals surface area contributed by atoms with Gasteiger partial charge in [-0.25, -0.2) is 0 Å². The zero-order valence-corrected chi connectivity index (χ0v) is 7.49. The van der Waals surface area contributed by atoms with E-state index in [4.69, 9.17) is 10.5 Å². The number of benzene rings is 1. The second-order valence-corrected chi connectivity index (χ2v) is 3.15. The van der Waals surface area contributed by atoms with Crippen molar-refractivity contribution in [1.29, 1.82) is 0 Å². The average molecular weight is 177 g/mol.